The lowest BCUT2D eigenvalue weighted by Crippen LogP contribution is -2.24. The van der Waals surface area contributed by atoms with Crippen molar-refractivity contribution in [3.63, 3.8) is 0 Å². The fraction of sp³-hybridized carbons (Fsp3) is 0.778. The molecule has 0 amide bonds. The summed E-state index contributed by atoms with van der Waals surface area (Å²) in [6, 6.07) is 0. The van der Waals surface area contributed by atoms with Crippen LogP contribution in [0.2, 0.25) is 0 Å². The Labute approximate surface area is 87.7 Å². The number of carboxylic acid groups (broad SMARTS) is 2. The van der Waals surface area contributed by atoms with Crippen molar-refractivity contribution >= 4 is 11.9 Å². The van der Waals surface area contributed by atoms with Crippen LogP contribution in [-0.2, 0) is 19.4 Å². The van der Waals surface area contributed by atoms with E-state index in [1.807, 2.05) is 6.92 Å². The molecular formula is C9H16O6. The van der Waals surface area contributed by atoms with E-state index in [1.165, 1.54) is 0 Å². The molecule has 6 nitrogen and oxygen atoms in total. The smallest absolute Gasteiger partial charge is 0.336 e. The van der Waals surface area contributed by atoms with Crippen molar-refractivity contribution in [2.75, 3.05) is 6.61 Å². The van der Waals surface area contributed by atoms with Crippen LogP contribution in [0, 0.1) is 0 Å². The van der Waals surface area contributed by atoms with Crippen molar-refractivity contribution in [1.29, 1.82) is 0 Å². The number of aliphatic carboxylic acids is 2. The van der Waals surface area contributed by atoms with E-state index in [1.54, 1.807) is 0 Å². The van der Waals surface area contributed by atoms with E-state index in [0.29, 0.717) is 6.61 Å². The first-order chi connectivity index (χ1) is 7.07. The van der Waals surface area contributed by atoms with Gasteiger partial charge in [-0.2, -0.15) is 0 Å². The summed E-state index contributed by atoms with van der Waals surface area (Å²) in [7, 11) is 0. The molecule has 0 fully saturated rings. The van der Waals surface area contributed by atoms with Crippen LogP contribution >= 0.6 is 0 Å². The van der Waals surface area contributed by atoms with E-state index < -0.39 is 18.0 Å². The van der Waals surface area contributed by atoms with E-state index in [2.05, 4.69) is 9.78 Å². The molecule has 0 aliphatic rings. The SMILES string of the molecule is CCCOOC(CCCC(=O)O)C(=O)O. The normalized spacial score (nSPS) is 12.3. The summed E-state index contributed by atoms with van der Waals surface area (Å²) >= 11 is 0. The molecule has 0 heterocycles. The highest BCUT2D eigenvalue weighted by Crippen LogP contribution is 2.06. The standard InChI is InChI=1S/C9H16O6/c1-2-6-14-15-7(9(12)13)4-3-5-8(10)11/h7H,2-6H2,1H3,(H,10,11)(H,12,13). The van der Waals surface area contributed by atoms with Crippen LogP contribution in [0.5, 0.6) is 0 Å². The highest BCUT2D eigenvalue weighted by molar-refractivity contribution is 5.72. The van der Waals surface area contributed by atoms with Gasteiger partial charge in [-0.25, -0.2) is 14.6 Å². The predicted octanol–water partition coefficient (Wildman–Crippen LogP) is 1.05. The quantitative estimate of drug-likeness (QED) is 0.343. The summed E-state index contributed by atoms with van der Waals surface area (Å²) in [6.07, 6.45) is -0.0499. The lowest BCUT2D eigenvalue weighted by Gasteiger charge is -2.11. The number of carbonyl (C=O) groups is 2. The van der Waals surface area contributed by atoms with Crippen molar-refractivity contribution in [2.45, 2.75) is 38.7 Å². The first-order valence-electron chi connectivity index (χ1n) is 4.80. The van der Waals surface area contributed by atoms with Gasteiger partial charge in [0.1, 0.15) is 0 Å². The topological polar surface area (TPSA) is 93.1 Å². The molecule has 0 saturated heterocycles. The molecule has 88 valence electrons. The summed E-state index contributed by atoms with van der Waals surface area (Å²) in [5.41, 5.74) is 0. The average Bonchev–Trinajstić information content (AvgIpc) is 2.15. The van der Waals surface area contributed by atoms with Crippen LogP contribution in [0.4, 0.5) is 0 Å². The molecule has 0 aromatic heterocycles. The predicted molar refractivity (Wildman–Crippen MR) is 50.2 cm³/mol. The maximum Gasteiger partial charge on any atom is 0.336 e. The van der Waals surface area contributed by atoms with Crippen molar-refractivity contribution in [2.24, 2.45) is 0 Å². The van der Waals surface area contributed by atoms with Crippen molar-refractivity contribution in [1.82, 2.24) is 0 Å². The van der Waals surface area contributed by atoms with Gasteiger partial charge in [0.05, 0.1) is 6.61 Å². The Morgan fingerprint density at radius 2 is 2.00 bits per heavy atom. The van der Waals surface area contributed by atoms with Gasteiger partial charge < -0.3 is 10.2 Å². The molecule has 2 N–H and O–H groups in total. The summed E-state index contributed by atoms with van der Waals surface area (Å²) in [4.78, 5) is 30.1. The first kappa shape index (κ1) is 13.9. The molecule has 0 saturated carbocycles. The van der Waals surface area contributed by atoms with Gasteiger partial charge in [-0.3, -0.25) is 4.79 Å². The second kappa shape index (κ2) is 8.19. The second-order valence-corrected chi connectivity index (χ2v) is 3.03. The summed E-state index contributed by atoms with van der Waals surface area (Å²) in [5.74, 6) is -2.09. The van der Waals surface area contributed by atoms with Gasteiger partial charge in [0.2, 0.25) is 0 Å². The summed E-state index contributed by atoms with van der Waals surface area (Å²) in [5, 5.41) is 17.0. The van der Waals surface area contributed by atoms with Crippen molar-refractivity contribution in [3.8, 4) is 0 Å². The third kappa shape index (κ3) is 7.90. The van der Waals surface area contributed by atoms with E-state index in [4.69, 9.17) is 10.2 Å². The number of hydrogen-bond donors (Lipinski definition) is 2. The van der Waals surface area contributed by atoms with Crippen LogP contribution < -0.4 is 0 Å². The Kier molecular flexibility index (Phi) is 7.57. The van der Waals surface area contributed by atoms with Crippen LogP contribution in [0.3, 0.4) is 0 Å². The Hall–Kier alpha value is -1.14. The van der Waals surface area contributed by atoms with Gasteiger partial charge in [0.25, 0.3) is 0 Å². The first-order valence-corrected chi connectivity index (χ1v) is 4.80. The van der Waals surface area contributed by atoms with Crippen LogP contribution in [-0.4, -0.2) is 34.9 Å². The zero-order valence-corrected chi connectivity index (χ0v) is 8.64. The minimum atomic E-state index is -1.14. The number of hydrogen-bond acceptors (Lipinski definition) is 4. The summed E-state index contributed by atoms with van der Waals surface area (Å²) in [6.45, 7) is 2.19. The molecule has 0 bridgehead atoms. The van der Waals surface area contributed by atoms with Gasteiger partial charge in [0, 0.05) is 6.42 Å². The van der Waals surface area contributed by atoms with Crippen molar-refractivity contribution < 1.29 is 29.6 Å². The van der Waals surface area contributed by atoms with E-state index in [-0.39, 0.29) is 19.3 Å². The fourth-order valence-electron chi connectivity index (χ4n) is 0.865. The number of carboxylic acids is 2. The molecule has 6 heteroatoms. The molecule has 0 radical (unpaired) electrons. The molecule has 0 spiro atoms. The minimum Gasteiger partial charge on any atom is -0.481 e. The minimum absolute atomic E-state index is 0.0685. The monoisotopic (exact) mass is 220 g/mol. The Bertz CT molecular complexity index is 203. The molecule has 0 aliphatic carbocycles. The second-order valence-electron chi connectivity index (χ2n) is 3.03. The van der Waals surface area contributed by atoms with Crippen LogP contribution in [0.15, 0.2) is 0 Å². The maximum absolute atomic E-state index is 10.6. The van der Waals surface area contributed by atoms with Gasteiger partial charge in [-0.05, 0) is 19.3 Å². The third-order valence-corrected chi connectivity index (χ3v) is 1.60. The Morgan fingerprint density at radius 1 is 1.33 bits per heavy atom. The highest BCUT2D eigenvalue weighted by atomic mass is 17.2. The van der Waals surface area contributed by atoms with Gasteiger partial charge >= 0.3 is 11.9 Å². The van der Waals surface area contributed by atoms with E-state index >= 15 is 0 Å². The Balaban J connectivity index is 3.73. The van der Waals surface area contributed by atoms with Gasteiger partial charge in [-0.1, -0.05) is 6.92 Å². The summed E-state index contributed by atoms with van der Waals surface area (Å²) < 4.78 is 0. The van der Waals surface area contributed by atoms with E-state index in [9.17, 15) is 9.59 Å². The third-order valence-electron chi connectivity index (χ3n) is 1.60. The molecule has 0 rings (SSSR count). The molecular weight excluding hydrogens is 204 g/mol. The highest BCUT2D eigenvalue weighted by Gasteiger charge is 2.19. The molecule has 0 aliphatic heterocycles. The lowest BCUT2D eigenvalue weighted by atomic mass is 10.1. The molecule has 15 heavy (non-hydrogen) atoms. The van der Waals surface area contributed by atoms with Crippen molar-refractivity contribution in [3.05, 3.63) is 0 Å². The zero-order chi connectivity index (χ0) is 11.7. The maximum atomic E-state index is 10.6. The Morgan fingerprint density at radius 3 is 2.47 bits per heavy atom. The van der Waals surface area contributed by atoms with E-state index in [0.717, 1.165) is 6.42 Å². The van der Waals surface area contributed by atoms with Crippen LogP contribution in [0.1, 0.15) is 32.6 Å². The fourth-order valence-corrected chi connectivity index (χ4v) is 0.865. The molecule has 1 unspecified atom stereocenters. The van der Waals surface area contributed by atoms with Crippen LogP contribution in [0.25, 0.3) is 0 Å². The zero-order valence-electron chi connectivity index (χ0n) is 8.64. The molecule has 1 atom stereocenters. The lowest BCUT2D eigenvalue weighted by molar-refractivity contribution is -0.320. The molecule has 0 aromatic carbocycles. The largest absolute Gasteiger partial charge is 0.481 e. The average molecular weight is 220 g/mol. The molecule has 0 aromatic rings. The number of rotatable bonds is 9. The van der Waals surface area contributed by atoms with Gasteiger partial charge in [-0.15, -0.1) is 0 Å². The van der Waals surface area contributed by atoms with Gasteiger partial charge in [0.15, 0.2) is 6.10 Å².